The Morgan fingerprint density at radius 2 is 1.83 bits per heavy atom. The highest BCUT2D eigenvalue weighted by Gasteiger charge is 2.27. The number of nitriles is 1. The summed E-state index contributed by atoms with van der Waals surface area (Å²) in [7, 11) is 1.84. The third kappa shape index (κ3) is 3.64. The first-order valence-corrected chi connectivity index (χ1v) is 10.0. The number of hydrogen-bond donors (Lipinski definition) is 1. The number of hydrogen-bond acceptors (Lipinski definition) is 4. The minimum Gasteiger partial charge on any atom is -0.366 e. The summed E-state index contributed by atoms with van der Waals surface area (Å²) in [5.41, 5.74) is 8.94. The van der Waals surface area contributed by atoms with Gasteiger partial charge in [-0.3, -0.25) is 9.59 Å². The van der Waals surface area contributed by atoms with Gasteiger partial charge in [-0.25, -0.2) is 4.52 Å². The zero-order valence-corrected chi connectivity index (χ0v) is 16.8. The molecule has 152 valence electrons. The van der Waals surface area contributed by atoms with Crippen molar-refractivity contribution in [2.75, 3.05) is 7.05 Å². The Bertz CT molecular complexity index is 1130. The van der Waals surface area contributed by atoms with E-state index in [1.54, 1.807) is 40.0 Å². The van der Waals surface area contributed by atoms with Crippen molar-refractivity contribution in [1.29, 1.82) is 5.26 Å². The number of pyridine rings is 1. The summed E-state index contributed by atoms with van der Waals surface area (Å²) >= 11 is 0. The number of rotatable bonds is 4. The van der Waals surface area contributed by atoms with E-state index in [1.165, 1.54) is 0 Å². The molecule has 2 amide bonds. The van der Waals surface area contributed by atoms with Crippen molar-refractivity contribution >= 4 is 17.3 Å². The predicted octanol–water partition coefficient (Wildman–Crippen LogP) is 3.25. The van der Waals surface area contributed by atoms with Crippen LogP contribution in [0.1, 0.15) is 46.4 Å². The zero-order chi connectivity index (χ0) is 21.3. The molecule has 2 N–H and O–H groups in total. The molecule has 0 saturated heterocycles. The van der Waals surface area contributed by atoms with Crippen molar-refractivity contribution < 1.29 is 9.59 Å². The molecule has 0 radical (unpaired) electrons. The third-order valence-corrected chi connectivity index (χ3v) is 6.00. The van der Waals surface area contributed by atoms with E-state index >= 15 is 0 Å². The van der Waals surface area contributed by atoms with Crippen molar-refractivity contribution in [3.05, 3.63) is 59.9 Å². The van der Waals surface area contributed by atoms with E-state index in [0.29, 0.717) is 11.1 Å². The molecular formula is C23H23N5O2. The largest absolute Gasteiger partial charge is 0.366 e. The summed E-state index contributed by atoms with van der Waals surface area (Å²) in [4.78, 5) is 26.2. The fourth-order valence-electron chi connectivity index (χ4n) is 4.11. The minimum absolute atomic E-state index is 0.0332. The van der Waals surface area contributed by atoms with Crippen molar-refractivity contribution in [1.82, 2.24) is 14.5 Å². The molecule has 30 heavy (non-hydrogen) atoms. The molecule has 1 fully saturated rings. The summed E-state index contributed by atoms with van der Waals surface area (Å²) in [5.74, 6) is -0.397. The molecule has 7 heteroatoms. The lowest BCUT2D eigenvalue weighted by Gasteiger charge is -2.32. The molecule has 4 rings (SSSR count). The van der Waals surface area contributed by atoms with Gasteiger partial charge in [0.25, 0.3) is 5.91 Å². The van der Waals surface area contributed by atoms with Crippen LogP contribution in [0.3, 0.4) is 0 Å². The van der Waals surface area contributed by atoms with Crippen LogP contribution in [0.15, 0.2) is 48.8 Å². The second-order valence-corrected chi connectivity index (χ2v) is 7.80. The zero-order valence-electron chi connectivity index (χ0n) is 16.8. The van der Waals surface area contributed by atoms with Gasteiger partial charge in [-0.2, -0.15) is 10.4 Å². The summed E-state index contributed by atoms with van der Waals surface area (Å²) in [5, 5.41) is 13.5. The highest BCUT2D eigenvalue weighted by molar-refractivity contribution is 5.97. The number of amides is 2. The Balaban J connectivity index is 1.60. The number of fused-ring (bicyclic) bond motifs is 1. The maximum Gasteiger partial charge on any atom is 0.253 e. The SMILES string of the molecule is CN(C(=O)c1ccn2ncc(-c3ccc(C(N)=O)cc3)c2c1)C1CCC(C#N)CC1. The van der Waals surface area contributed by atoms with E-state index in [0.717, 1.165) is 42.3 Å². The number of carbonyl (C=O) groups excluding carboxylic acids is 2. The first kappa shape index (κ1) is 19.6. The lowest BCUT2D eigenvalue weighted by Crippen LogP contribution is -2.39. The van der Waals surface area contributed by atoms with Crippen LogP contribution in [-0.2, 0) is 0 Å². The van der Waals surface area contributed by atoms with Gasteiger partial charge in [0.2, 0.25) is 5.91 Å². The number of nitrogens with two attached hydrogens (primary N) is 1. The normalized spacial score (nSPS) is 18.7. The molecule has 3 aromatic rings. The van der Waals surface area contributed by atoms with Gasteiger partial charge in [0.15, 0.2) is 0 Å². The van der Waals surface area contributed by atoms with Crippen molar-refractivity contribution in [3.63, 3.8) is 0 Å². The van der Waals surface area contributed by atoms with Gasteiger partial charge in [0, 0.05) is 41.9 Å². The lowest BCUT2D eigenvalue weighted by atomic mass is 9.86. The quantitative estimate of drug-likeness (QED) is 0.724. The van der Waals surface area contributed by atoms with Crippen molar-refractivity contribution in [3.8, 4) is 17.2 Å². The van der Waals surface area contributed by atoms with Crippen LogP contribution < -0.4 is 5.73 Å². The minimum atomic E-state index is -0.471. The van der Waals surface area contributed by atoms with Crippen LogP contribution in [0.5, 0.6) is 0 Å². The first-order valence-electron chi connectivity index (χ1n) is 10.0. The maximum atomic E-state index is 13.1. The van der Waals surface area contributed by atoms with E-state index < -0.39 is 5.91 Å². The summed E-state index contributed by atoms with van der Waals surface area (Å²) in [6.07, 6.45) is 6.91. The maximum absolute atomic E-state index is 13.1. The highest BCUT2D eigenvalue weighted by atomic mass is 16.2. The average molecular weight is 401 g/mol. The molecule has 1 aliphatic carbocycles. The van der Waals surface area contributed by atoms with Crippen molar-refractivity contribution in [2.24, 2.45) is 11.7 Å². The van der Waals surface area contributed by atoms with Gasteiger partial charge in [0.1, 0.15) is 0 Å². The number of benzene rings is 1. The van der Waals surface area contributed by atoms with E-state index in [4.69, 9.17) is 11.0 Å². The predicted molar refractivity (Wildman–Crippen MR) is 113 cm³/mol. The van der Waals surface area contributed by atoms with Gasteiger partial charge >= 0.3 is 0 Å². The molecule has 1 saturated carbocycles. The van der Waals surface area contributed by atoms with Gasteiger partial charge < -0.3 is 10.6 Å². The van der Waals surface area contributed by atoms with Gasteiger partial charge in [0.05, 0.1) is 17.8 Å². The Morgan fingerprint density at radius 1 is 1.13 bits per heavy atom. The third-order valence-electron chi connectivity index (χ3n) is 6.00. The topological polar surface area (TPSA) is 104 Å². The van der Waals surface area contributed by atoms with Crippen molar-refractivity contribution in [2.45, 2.75) is 31.7 Å². The summed E-state index contributed by atoms with van der Waals surface area (Å²) in [6.45, 7) is 0. The molecule has 2 aromatic heterocycles. The van der Waals surface area contributed by atoms with Crippen LogP contribution in [0.2, 0.25) is 0 Å². The molecule has 7 nitrogen and oxygen atoms in total. The molecular weight excluding hydrogens is 378 g/mol. The fraction of sp³-hybridized carbons (Fsp3) is 0.304. The van der Waals surface area contributed by atoms with Gasteiger partial charge in [-0.15, -0.1) is 0 Å². The van der Waals surface area contributed by atoms with E-state index in [1.807, 2.05) is 25.2 Å². The second kappa shape index (κ2) is 7.99. The Morgan fingerprint density at radius 3 is 2.47 bits per heavy atom. The lowest BCUT2D eigenvalue weighted by molar-refractivity contribution is 0.0686. The molecule has 0 unspecified atom stereocenters. The number of nitrogens with zero attached hydrogens (tertiary/aromatic N) is 4. The fourth-order valence-corrected chi connectivity index (χ4v) is 4.11. The van der Waals surface area contributed by atoms with Crippen LogP contribution in [0.25, 0.3) is 16.6 Å². The number of aromatic nitrogens is 2. The second-order valence-electron chi connectivity index (χ2n) is 7.80. The molecule has 0 aliphatic heterocycles. The molecule has 0 spiro atoms. The van der Waals surface area contributed by atoms with E-state index in [-0.39, 0.29) is 17.9 Å². The molecule has 0 bridgehead atoms. The summed E-state index contributed by atoms with van der Waals surface area (Å²) < 4.78 is 1.73. The first-order chi connectivity index (χ1) is 14.5. The molecule has 1 aliphatic rings. The Hall–Kier alpha value is -3.66. The standard InChI is InChI=1S/C23H23N5O2/c1-27(19-8-2-15(13-24)3-9-19)23(30)18-10-11-28-21(12-18)20(14-26-28)16-4-6-17(7-5-16)22(25)29/h4-7,10-12,14-15,19H,2-3,8-9H2,1H3,(H2,25,29). The molecule has 1 aromatic carbocycles. The average Bonchev–Trinajstić information content (AvgIpc) is 3.21. The van der Waals surface area contributed by atoms with Crippen LogP contribution in [0.4, 0.5) is 0 Å². The Kier molecular flexibility index (Phi) is 5.23. The van der Waals surface area contributed by atoms with E-state index in [9.17, 15) is 9.59 Å². The smallest absolute Gasteiger partial charge is 0.253 e. The Labute approximate surface area is 174 Å². The van der Waals surface area contributed by atoms with E-state index in [2.05, 4.69) is 11.2 Å². The summed E-state index contributed by atoms with van der Waals surface area (Å²) in [6, 6.07) is 13.1. The van der Waals surface area contributed by atoms with Crippen LogP contribution in [-0.4, -0.2) is 39.4 Å². The van der Waals surface area contributed by atoms with Crippen LogP contribution in [0, 0.1) is 17.2 Å². The van der Waals surface area contributed by atoms with Gasteiger partial charge in [-0.05, 0) is 55.5 Å². The molecule has 0 atom stereocenters. The van der Waals surface area contributed by atoms with Gasteiger partial charge in [-0.1, -0.05) is 12.1 Å². The molecule has 2 heterocycles. The van der Waals surface area contributed by atoms with Crippen LogP contribution >= 0.6 is 0 Å². The highest BCUT2D eigenvalue weighted by Crippen LogP contribution is 2.29. The number of primary amides is 1. The number of carbonyl (C=O) groups is 2. The monoisotopic (exact) mass is 401 g/mol.